The zero-order valence-electron chi connectivity index (χ0n) is 13.5. The summed E-state index contributed by atoms with van der Waals surface area (Å²) < 4.78 is 13.7. The second-order valence-corrected chi connectivity index (χ2v) is 6.53. The molecule has 1 aliphatic heterocycles. The van der Waals surface area contributed by atoms with E-state index in [1.807, 2.05) is 7.05 Å². The predicted octanol–water partition coefficient (Wildman–Crippen LogP) is 2.22. The van der Waals surface area contributed by atoms with Crippen LogP contribution in [-0.2, 0) is 9.59 Å². The van der Waals surface area contributed by atoms with Crippen LogP contribution in [0.2, 0.25) is 5.02 Å². The number of halogens is 2. The molecule has 0 radical (unpaired) electrons. The van der Waals surface area contributed by atoms with Gasteiger partial charge in [0.05, 0.1) is 5.69 Å². The number of likely N-dealkylation sites (N-methyl/N-ethyl adjacent to an activating group) is 1. The van der Waals surface area contributed by atoms with E-state index < -0.39 is 17.6 Å². The summed E-state index contributed by atoms with van der Waals surface area (Å²) in [6, 6.07) is 3.87. The minimum Gasteiger partial charge on any atom is -0.334 e. The first kappa shape index (κ1) is 17.7. The summed E-state index contributed by atoms with van der Waals surface area (Å²) >= 11 is 5.66. The number of hydrogen-bond donors (Lipinski definition) is 1. The molecule has 0 unspecified atom stereocenters. The average Bonchev–Trinajstić information content (AvgIpc) is 2.48. The van der Waals surface area contributed by atoms with Crippen molar-refractivity contribution in [2.45, 2.75) is 19.4 Å². The van der Waals surface area contributed by atoms with Crippen LogP contribution in [0, 0.1) is 11.7 Å². The quantitative estimate of drug-likeness (QED) is 0.839. The lowest BCUT2D eigenvalue weighted by atomic mass is 9.93. The number of anilines is 1. The number of rotatable bonds is 2. The summed E-state index contributed by atoms with van der Waals surface area (Å²) in [7, 11) is 3.65. The van der Waals surface area contributed by atoms with E-state index in [1.165, 1.54) is 17.0 Å². The maximum atomic E-state index is 13.7. The fraction of sp³-hybridized carbons (Fsp3) is 0.500. The third-order valence-electron chi connectivity index (χ3n) is 4.25. The molecule has 23 heavy (non-hydrogen) atoms. The second-order valence-electron chi connectivity index (χ2n) is 6.09. The van der Waals surface area contributed by atoms with E-state index in [-0.39, 0.29) is 22.7 Å². The molecular formula is C16H21ClFN3O2. The summed E-state index contributed by atoms with van der Waals surface area (Å²) in [4.78, 5) is 28.1. The fourth-order valence-corrected chi connectivity index (χ4v) is 3.15. The zero-order valence-corrected chi connectivity index (χ0v) is 14.2. The smallest absolute Gasteiger partial charge is 0.313 e. The standard InChI is InChI=1S/C16H21ClFN3O2/c1-10-9-20(2)7-6-14(10)21(3)16(23)15(22)19-13-5-4-11(17)8-12(13)18/h4-5,8,10,14H,6-7,9H2,1-3H3,(H,19,22)/t10-,14-/m1/s1. The Morgan fingerprint density at radius 2 is 2.13 bits per heavy atom. The Kier molecular flexibility index (Phi) is 5.59. The van der Waals surface area contributed by atoms with Crippen molar-refractivity contribution < 1.29 is 14.0 Å². The number of benzene rings is 1. The van der Waals surface area contributed by atoms with Crippen molar-refractivity contribution >= 4 is 29.1 Å². The first-order valence-electron chi connectivity index (χ1n) is 7.51. The molecule has 0 spiro atoms. The third-order valence-corrected chi connectivity index (χ3v) is 4.49. The molecule has 5 nitrogen and oxygen atoms in total. The molecule has 0 bridgehead atoms. The van der Waals surface area contributed by atoms with Crippen molar-refractivity contribution in [2.24, 2.45) is 5.92 Å². The first-order chi connectivity index (χ1) is 10.8. The number of amides is 2. The molecule has 1 aromatic rings. The molecule has 1 saturated heterocycles. The SMILES string of the molecule is C[C@@H]1CN(C)CC[C@H]1N(C)C(=O)C(=O)Nc1ccc(Cl)cc1F. The number of nitrogens with one attached hydrogen (secondary N) is 1. The molecule has 7 heteroatoms. The van der Waals surface area contributed by atoms with Crippen molar-refractivity contribution in [3.63, 3.8) is 0 Å². The summed E-state index contributed by atoms with van der Waals surface area (Å²) in [6.07, 6.45) is 0.808. The maximum absolute atomic E-state index is 13.7. The Bertz CT molecular complexity index is 611. The predicted molar refractivity (Wildman–Crippen MR) is 87.9 cm³/mol. The van der Waals surface area contributed by atoms with Gasteiger partial charge in [-0.2, -0.15) is 0 Å². The molecule has 2 atom stereocenters. The van der Waals surface area contributed by atoms with E-state index in [4.69, 9.17) is 11.6 Å². The molecule has 2 amide bonds. The summed E-state index contributed by atoms with van der Waals surface area (Å²) in [6.45, 7) is 3.80. The monoisotopic (exact) mass is 341 g/mol. The Labute approximate surface area is 140 Å². The van der Waals surface area contributed by atoms with Gasteiger partial charge in [0.2, 0.25) is 0 Å². The van der Waals surface area contributed by atoms with Gasteiger partial charge in [0, 0.05) is 24.7 Å². The molecule has 1 N–H and O–H groups in total. The lowest BCUT2D eigenvalue weighted by Gasteiger charge is -2.39. The van der Waals surface area contributed by atoms with Crippen LogP contribution in [0.4, 0.5) is 10.1 Å². The largest absolute Gasteiger partial charge is 0.334 e. The zero-order chi connectivity index (χ0) is 17.1. The molecule has 0 aromatic heterocycles. The van der Waals surface area contributed by atoms with Gasteiger partial charge in [-0.05, 0) is 44.1 Å². The average molecular weight is 342 g/mol. The molecule has 1 aromatic carbocycles. The lowest BCUT2D eigenvalue weighted by molar-refractivity contribution is -0.145. The van der Waals surface area contributed by atoms with Crippen LogP contribution in [0.3, 0.4) is 0 Å². The highest BCUT2D eigenvalue weighted by molar-refractivity contribution is 6.39. The van der Waals surface area contributed by atoms with Crippen LogP contribution in [0.25, 0.3) is 0 Å². The van der Waals surface area contributed by atoms with E-state index in [1.54, 1.807) is 7.05 Å². The summed E-state index contributed by atoms with van der Waals surface area (Å²) in [5, 5.41) is 2.53. The minimum absolute atomic E-state index is 0.000449. The van der Waals surface area contributed by atoms with Crippen molar-refractivity contribution in [3.8, 4) is 0 Å². The van der Waals surface area contributed by atoms with Gasteiger partial charge in [0.25, 0.3) is 0 Å². The molecule has 1 fully saturated rings. The lowest BCUT2D eigenvalue weighted by Crippen LogP contribution is -2.52. The molecule has 0 aliphatic carbocycles. The van der Waals surface area contributed by atoms with E-state index in [9.17, 15) is 14.0 Å². The number of piperidine rings is 1. The van der Waals surface area contributed by atoms with E-state index in [2.05, 4.69) is 17.1 Å². The molecule has 1 heterocycles. The van der Waals surface area contributed by atoms with Gasteiger partial charge in [-0.25, -0.2) is 4.39 Å². The topological polar surface area (TPSA) is 52.7 Å². The molecule has 1 aliphatic rings. The van der Waals surface area contributed by atoms with Crippen LogP contribution in [0.5, 0.6) is 0 Å². The van der Waals surface area contributed by atoms with Crippen LogP contribution in [-0.4, -0.2) is 54.8 Å². The highest BCUT2D eigenvalue weighted by atomic mass is 35.5. The number of nitrogens with zero attached hydrogens (tertiary/aromatic N) is 2. The second kappa shape index (κ2) is 7.27. The van der Waals surface area contributed by atoms with Gasteiger partial charge in [-0.1, -0.05) is 18.5 Å². The van der Waals surface area contributed by atoms with Gasteiger partial charge >= 0.3 is 11.8 Å². The van der Waals surface area contributed by atoms with Crippen molar-refractivity contribution in [3.05, 3.63) is 29.0 Å². The highest BCUT2D eigenvalue weighted by Crippen LogP contribution is 2.22. The van der Waals surface area contributed by atoms with Crippen LogP contribution in [0.15, 0.2) is 18.2 Å². The van der Waals surface area contributed by atoms with Crippen LogP contribution in [0.1, 0.15) is 13.3 Å². The van der Waals surface area contributed by atoms with Crippen molar-refractivity contribution in [1.82, 2.24) is 9.80 Å². The Balaban J connectivity index is 2.02. The Hall–Kier alpha value is -1.66. The van der Waals surface area contributed by atoms with Gasteiger partial charge in [0.15, 0.2) is 0 Å². The van der Waals surface area contributed by atoms with Gasteiger partial charge < -0.3 is 15.1 Å². The van der Waals surface area contributed by atoms with Crippen LogP contribution >= 0.6 is 11.6 Å². The molecule has 0 saturated carbocycles. The molecular weight excluding hydrogens is 321 g/mol. The van der Waals surface area contributed by atoms with Crippen molar-refractivity contribution in [2.75, 3.05) is 32.5 Å². The normalized spacial score (nSPS) is 21.8. The van der Waals surface area contributed by atoms with Crippen molar-refractivity contribution in [1.29, 1.82) is 0 Å². The van der Waals surface area contributed by atoms with Gasteiger partial charge in [-0.3, -0.25) is 9.59 Å². The number of carbonyl (C=O) groups is 2. The van der Waals surface area contributed by atoms with E-state index >= 15 is 0 Å². The highest BCUT2D eigenvalue weighted by Gasteiger charge is 2.32. The number of likely N-dealkylation sites (tertiary alicyclic amines) is 1. The Morgan fingerprint density at radius 3 is 2.74 bits per heavy atom. The minimum atomic E-state index is -0.847. The summed E-state index contributed by atoms with van der Waals surface area (Å²) in [5.41, 5.74) is -0.0578. The Morgan fingerprint density at radius 1 is 1.43 bits per heavy atom. The number of hydrogen-bond acceptors (Lipinski definition) is 3. The fourth-order valence-electron chi connectivity index (χ4n) is 2.99. The van der Waals surface area contributed by atoms with Gasteiger partial charge in [0.1, 0.15) is 5.82 Å². The van der Waals surface area contributed by atoms with E-state index in [0.717, 1.165) is 25.6 Å². The number of carbonyl (C=O) groups excluding carboxylic acids is 2. The molecule has 126 valence electrons. The first-order valence-corrected chi connectivity index (χ1v) is 7.89. The van der Waals surface area contributed by atoms with E-state index in [0.29, 0.717) is 0 Å². The third kappa shape index (κ3) is 4.20. The van der Waals surface area contributed by atoms with Gasteiger partial charge in [-0.15, -0.1) is 0 Å². The maximum Gasteiger partial charge on any atom is 0.313 e. The summed E-state index contributed by atoms with van der Waals surface area (Å²) in [5.74, 6) is -1.92. The molecule has 2 rings (SSSR count). The van der Waals surface area contributed by atoms with Crippen LogP contribution < -0.4 is 5.32 Å².